The molecule has 3 N–H and O–H groups in total. The van der Waals surface area contributed by atoms with Crippen molar-refractivity contribution in [2.75, 3.05) is 25.8 Å². The van der Waals surface area contributed by atoms with Crippen LogP contribution in [0.5, 0.6) is 28.7 Å². The molecular formula is C26H27NO8S. The topological polar surface area (TPSA) is 131 Å². The van der Waals surface area contributed by atoms with Gasteiger partial charge < -0.3 is 29.2 Å². The third-order valence-corrected chi connectivity index (χ3v) is 5.49. The summed E-state index contributed by atoms with van der Waals surface area (Å²) < 4.78 is 40.0. The van der Waals surface area contributed by atoms with E-state index in [9.17, 15) is 23.4 Å². The van der Waals surface area contributed by atoms with Gasteiger partial charge in [0.15, 0.2) is 17.2 Å². The minimum Gasteiger partial charge on any atom is -0.508 e. The number of hydrogen-bond donors (Lipinski definition) is 3. The summed E-state index contributed by atoms with van der Waals surface area (Å²) in [5.41, 5.74) is 2.61. The molecule has 9 nitrogen and oxygen atoms in total. The molecule has 0 heterocycles. The molecule has 0 aromatic heterocycles. The van der Waals surface area contributed by atoms with Crippen molar-refractivity contribution >= 4 is 21.7 Å². The number of anilines is 1. The number of phenols is 2. The van der Waals surface area contributed by atoms with Crippen molar-refractivity contribution in [2.45, 2.75) is 13.8 Å². The lowest BCUT2D eigenvalue weighted by molar-refractivity contribution is -0.112. The number of allylic oxidation sites excluding steroid dienone is 1. The molecule has 0 saturated carbocycles. The van der Waals surface area contributed by atoms with Crippen LogP contribution in [0.3, 0.4) is 0 Å². The predicted molar refractivity (Wildman–Crippen MR) is 137 cm³/mol. The smallest absolute Gasteiger partial charge is 0.306 e. The number of hydrogen-bond acceptors (Lipinski definition) is 8. The minimum atomic E-state index is -3.95. The fourth-order valence-corrected chi connectivity index (χ4v) is 4.04. The third kappa shape index (κ3) is 6.08. The molecule has 0 bridgehead atoms. The van der Waals surface area contributed by atoms with Gasteiger partial charge in [-0.2, -0.15) is 8.42 Å². The van der Waals surface area contributed by atoms with E-state index in [2.05, 4.69) is 5.32 Å². The molecule has 0 fully saturated rings. The molecule has 0 radical (unpaired) electrons. The fourth-order valence-electron chi connectivity index (χ4n) is 3.57. The highest BCUT2D eigenvalue weighted by Crippen LogP contribution is 2.50. The summed E-state index contributed by atoms with van der Waals surface area (Å²) in [6.45, 7) is 3.50. The Balaban J connectivity index is 2.20. The second kappa shape index (κ2) is 10.6. The quantitative estimate of drug-likeness (QED) is 0.292. The van der Waals surface area contributed by atoms with Crippen LogP contribution in [-0.4, -0.2) is 45.0 Å². The molecule has 3 aromatic rings. The Morgan fingerprint density at radius 2 is 1.56 bits per heavy atom. The van der Waals surface area contributed by atoms with Gasteiger partial charge in [-0.15, -0.1) is 0 Å². The number of carbonyl (C=O) groups is 1. The lowest BCUT2D eigenvalue weighted by Gasteiger charge is -2.19. The number of carbonyl (C=O) groups excluding carboxylic acids is 1. The molecule has 10 heteroatoms. The van der Waals surface area contributed by atoms with E-state index >= 15 is 0 Å². The van der Waals surface area contributed by atoms with Crippen LogP contribution in [0.2, 0.25) is 0 Å². The van der Waals surface area contributed by atoms with Gasteiger partial charge in [-0.3, -0.25) is 4.79 Å². The molecule has 3 rings (SSSR count). The molecule has 0 aliphatic carbocycles. The normalized spacial score (nSPS) is 10.9. The van der Waals surface area contributed by atoms with E-state index in [0.29, 0.717) is 16.7 Å². The summed E-state index contributed by atoms with van der Waals surface area (Å²) in [6.07, 6.45) is 2.24. The number of amides is 1. The van der Waals surface area contributed by atoms with Gasteiger partial charge in [0, 0.05) is 11.6 Å². The molecule has 0 spiro atoms. The Labute approximate surface area is 209 Å². The second-order valence-electron chi connectivity index (χ2n) is 8.14. The second-order valence-corrected chi connectivity index (χ2v) is 9.71. The molecule has 0 unspecified atom stereocenters. The first-order chi connectivity index (χ1) is 16.9. The molecule has 3 aromatic carbocycles. The summed E-state index contributed by atoms with van der Waals surface area (Å²) >= 11 is 0. The maximum Gasteiger partial charge on any atom is 0.306 e. The van der Waals surface area contributed by atoms with Gasteiger partial charge in [0.2, 0.25) is 5.91 Å². The number of nitrogens with one attached hydrogen (secondary N) is 1. The lowest BCUT2D eigenvalue weighted by Crippen LogP contribution is -2.12. The number of phenolic OH excluding ortho intramolecular Hbond substituents is 2. The summed E-state index contributed by atoms with van der Waals surface area (Å²) in [4.78, 5) is 12.2. The van der Waals surface area contributed by atoms with Crippen molar-refractivity contribution in [3.8, 4) is 51.0 Å². The number of rotatable bonds is 8. The van der Waals surface area contributed by atoms with Crippen molar-refractivity contribution in [3.05, 3.63) is 60.2 Å². The molecule has 0 aliphatic rings. The Kier molecular flexibility index (Phi) is 7.79. The molecule has 0 aliphatic heterocycles. The van der Waals surface area contributed by atoms with E-state index in [-0.39, 0.29) is 40.0 Å². The maximum absolute atomic E-state index is 12.2. The van der Waals surface area contributed by atoms with E-state index in [1.807, 2.05) is 0 Å². The van der Waals surface area contributed by atoms with Crippen LogP contribution in [0.25, 0.3) is 22.3 Å². The van der Waals surface area contributed by atoms with Crippen LogP contribution >= 0.6 is 0 Å². The number of benzene rings is 3. The van der Waals surface area contributed by atoms with E-state index in [1.165, 1.54) is 44.6 Å². The van der Waals surface area contributed by atoms with Gasteiger partial charge in [0.05, 0.1) is 31.7 Å². The number of ether oxygens (including phenoxy) is 2. The largest absolute Gasteiger partial charge is 0.508 e. The predicted octanol–water partition coefficient (Wildman–Crippen LogP) is 4.69. The SMILES string of the molecule is COc1cc(-c2ccc(O)cc2)c(OC)c(O)c1-c1ccc(NC(=O)C=C(C)C)c(OS(C)(=O)=O)c1. The molecule has 36 heavy (non-hydrogen) atoms. The minimum absolute atomic E-state index is 0.0840. The van der Waals surface area contributed by atoms with Crippen molar-refractivity contribution in [2.24, 2.45) is 0 Å². The Bertz CT molecular complexity index is 1420. The van der Waals surface area contributed by atoms with Gasteiger partial charge in [0.1, 0.15) is 11.5 Å². The van der Waals surface area contributed by atoms with Crippen LogP contribution < -0.4 is 19.0 Å². The van der Waals surface area contributed by atoms with Crippen LogP contribution in [0.15, 0.2) is 60.2 Å². The molecule has 0 saturated heterocycles. The monoisotopic (exact) mass is 513 g/mol. The number of aromatic hydroxyl groups is 2. The summed E-state index contributed by atoms with van der Waals surface area (Å²) in [6, 6.07) is 12.4. The van der Waals surface area contributed by atoms with Gasteiger partial charge >= 0.3 is 10.1 Å². The highest BCUT2D eigenvalue weighted by Gasteiger charge is 2.23. The van der Waals surface area contributed by atoms with Crippen molar-refractivity contribution in [1.29, 1.82) is 0 Å². The van der Waals surface area contributed by atoms with Gasteiger partial charge in [-0.05, 0) is 55.3 Å². The zero-order valence-corrected chi connectivity index (χ0v) is 21.3. The van der Waals surface area contributed by atoms with E-state index in [4.69, 9.17) is 13.7 Å². The molecular weight excluding hydrogens is 486 g/mol. The average Bonchev–Trinajstić information content (AvgIpc) is 2.78. The van der Waals surface area contributed by atoms with E-state index < -0.39 is 16.0 Å². The molecule has 1 amide bonds. The molecule has 0 atom stereocenters. The van der Waals surface area contributed by atoms with Crippen molar-refractivity contribution < 1.29 is 37.1 Å². The summed E-state index contributed by atoms with van der Waals surface area (Å²) in [5.74, 6) is -0.367. The maximum atomic E-state index is 12.2. The molecule has 190 valence electrons. The Hall–Kier alpha value is -4.18. The van der Waals surface area contributed by atoms with E-state index in [0.717, 1.165) is 11.8 Å². The Morgan fingerprint density at radius 3 is 2.11 bits per heavy atom. The zero-order valence-electron chi connectivity index (χ0n) is 20.4. The summed E-state index contributed by atoms with van der Waals surface area (Å²) in [5, 5.41) is 23.4. The third-order valence-electron chi connectivity index (χ3n) is 5.01. The standard InChI is InChI=1S/C26H27NO8S/c1-15(2)12-23(29)27-20-11-8-17(13-21(20)35-36(5,31)32)24-22(33-3)14-19(26(34-4)25(24)30)16-6-9-18(28)10-7-16/h6-14,28,30H,1-5H3,(H,27,29). The van der Waals surface area contributed by atoms with Crippen LogP contribution in [0, 0.1) is 0 Å². The first-order valence-electron chi connectivity index (χ1n) is 10.7. The number of methoxy groups -OCH3 is 2. The highest BCUT2D eigenvalue weighted by atomic mass is 32.2. The first-order valence-corrected chi connectivity index (χ1v) is 12.5. The van der Waals surface area contributed by atoms with Gasteiger partial charge in [-0.25, -0.2) is 0 Å². The van der Waals surface area contributed by atoms with Gasteiger partial charge in [0.25, 0.3) is 0 Å². The summed E-state index contributed by atoms with van der Waals surface area (Å²) in [7, 11) is -1.13. The zero-order chi connectivity index (χ0) is 26.6. The van der Waals surface area contributed by atoms with Gasteiger partial charge in [-0.1, -0.05) is 23.8 Å². The van der Waals surface area contributed by atoms with Crippen molar-refractivity contribution in [1.82, 2.24) is 0 Å². The average molecular weight is 514 g/mol. The fraction of sp³-hybridized carbons (Fsp3) is 0.192. The van der Waals surface area contributed by atoms with E-state index in [1.54, 1.807) is 38.1 Å². The lowest BCUT2D eigenvalue weighted by atomic mass is 9.96. The Morgan fingerprint density at radius 1 is 0.917 bits per heavy atom. The van der Waals surface area contributed by atoms with Crippen LogP contribution in [0.4, 0.5) is 5.69 Å². The van der Waals surface area contributed by atoms with Crippen LogP contribution in [0.1, 0.15) is 13.8 Å². The van der Waals surface area contributed by atoms with Crippen molar-refractivity contribution in [3.63, 3.8) is 0 Å². The first kappa shape index (κ1) is 26.4. The van der Waals surface area contributed by atoms with Crippen LogP contribution in [-0.2, 0) is 14.9 Å². The highest BCUT2D eigenvalue weighted by molar-refractivity contribution is 7.86.